The molecule has 30 heavy (non-hydrogen) atoms. The van der Waals surface area contributed by atoms with Gasteiger partial charge in [-0.25, -0.2) is 0 Å². The minimum atomic E-state index is -0.603. The summed E-state index contributed by atoms with van der Waals surface area (Å²) in [5, 5.41) is 13.7. The smallest absolute Gasteiger partial charge is 0.293 e. The highest BCUT2D eigenvalue weighted by atomic mass is 16.6. The first-order valence-corrected chi connectivity index (χ1v) is 9.97. The van der Waals surface area contributed by atoms with Crippen LogP contribution in [0.2, 0.25) is 0 Å². The lowest BCUT2D eigenvalue weighted by molar-refractivity contribution is -0.383. The molecule has 0 aromatic heterocycles. The summed E-state index contributed by atoms with van der Waals surface area (Å²) in [6.45, 7) is 4.14. The molecule has 3 rings (SSSR count). The lowest BCUT2D eigenvalue weighted by atomic mass is 9.95. The number of hydrogen-bond acceptors (Lipinski definition) is 5. The van der Waals surface area contributed by atoms with Crippen LogP contribution in [0.5, 0.6) is 0 Å². The topological polar surface area (TPSA) is 92.6 Å². The Labute approximate surface area is 175 Å². The van der Waals surface area contributed by atoms with Gasteiger partial charge in [-0.15, -0.1) is 0 Å². The number of rotatable bonds is 7. The van der Waals surface area contributed by atoms with Crippen molar-refractivity contribution in [2.45, 2.75) is 26.3 Å². The molecule has 0 atom stereocenters. The molecule has 1 aliphatic heterocycles. The van der Waals surface area contributed by atoms with Gasteiger partial charge in [-0.1, -0.05) is 36.4 Å². The number of ketones is 1. The van der Waals surface area contributed by atoms with Crippen LogP contribution in [0.4, 0.5) is 11.4 Å². The number of anilines is 1. The zero-order valence-corrected chi connectivity index (χ0v) is 16.9. The number of carbonyl (C=O) groups is 2. The van der Waals surface area contributed by atoms with Crippen molar-refractivity contribution in [1.82, 2.24) is 4.90 Å². The van der Waals surface area contributed by atoms with Crippen LogP contribution in [-0.4, -0.2) is 34.6 Å². The van der Waals surface area contributed by atoms with E-state index in [1.165, 1.54) is 36.8 Å². The zero-order chi connectivity index (χ0) is 21.5. The molecule has 0 aliphatic carbocycles. The summed E-state index contributed by atoms with van der Waals surface area (Å²) in [7, 11) is 0. The number of piperidine rings is 1. The minimum absolute atomic E-state index is 0.0822. The fourth-order valence-corrected chi connectivity index (χ4v) is 3.60. The molecule has 7 heteroatoms. The van der Waals surface area contributed by atoms with Gasteiger partial charge >= 0.3 is 0 Å². The van der Waals surface area contributed by atoms with Crippen molar-refractivity contribution < 1.29 is 14.5 Å². The number of allylic oxidation sites excluding steroid dienone is 2. The second-order valence-electron chi connectivity index (χ2n) is 7.49. The van der Waals surface area contributed by atoms with Crippen LogP contribution in [0.25, 0.3) is 0 Å². The number of likely N-dealkylation sites (tertiary alicyclic amines) is 1. The first-order valence-electron chi connectivity index (χ1n) is 9.97. The maximum Gasteiger partial charge on any atom is 0.293 e. The molecule has 0 radical (unpaired) electrons. The number of carbonyl (C=O) groups excluding carboxylic acids is 2. The standard InChI is InChI=1S/C23H25N3O4/c1-17(27)24-21-9-8-20(15-22(21)26(29)30)23(28)10-7-18-11-13-25(14-12-18)16-19-5-3-2-4-6-19/h2-10,15,18H,11-14,16H2,1H3,(H,24,27)/b10-7+. The van der Waals surface area contributed by atoms with E-state index in [0.29, 0.717) is 5.92 Å². The van der Waals surface area contributed by atoms with Gasteiger partial charge in [0.1, 0.15) is 5.69 Å². The van der Waals surface area contributed by atoms with Crippen LogP contribution in [-0.2, 0) is 11.3 Å². The molecule has 7 nitrogen and oxygen atoms in total. The maximum atomic E-state index is 12.5. The van der Waals surface area contributed by atoms with E-state index in [2.05, 4.69) is 22.3 Å². The molecular weight excluding hydrogens is 382 g/mol. The number of nitro benzene ring substituents is 1. The molecule has 1 aliphatic rings. The predicted molar refractivity (Wildman–Crippen MR) is 115 cm³/mol. The highest BCUT2D eigenvalue weighted by Gasteiger charge is 2.19. The van der Waals surface area contributed by atoms with Gasteiger partial charge < -0.3 is 5.32 Å². The number of nitrogens with one attached hydrogen (secondary N) is 1. The van der Waals surface area contributed by atoms with Gasteiger partial charge in [0.05, 0.1) is 4.92 Å². The van der Waals surface area contributed by atoms with E-state index in [9.17, 15) is 19.7 Å². The van der Waals surface area contributed by atoms with E-state index in [4.69, 9.17) is 0 Å². The molecule has 1 heterocycles. The summed E-state index contributed by atoms with van der Waals surface area (Å²) in [5.41, 5.74) is 1.32. The average molecular weight is 407 g/mol. The van der Waals surface area contributed by atoms with Gasteiger partial charge in [0.15, 0.2) is 5.78 Å². The molecule has 1 amide bonds. The quantitative estimate of drug-likeness (QED) is 0.321. The van der Waals surface area contributed by atoms with E-state index in [-0.39, 0.29) is 22.7 Å². The first kappa shape index (κ1) is 21.4. The summed E-state index contributed by atoms with van der Waals surface area (Å²) < 4.78 is 0. The SMILES string of the molecule is CC(=O)Nc1ccc(C(=O)/C=C/C2CCN(Cc3ccccc3)CC2)cc1[N+](=O)[O-]. The molecule has 1 N–H and O–H groups in total. The number of nitrogens with zero attached hydrogens (tertiary/aromatic N) is 2. The first-order chi connectivity index (χ1) is 14.4. The molecule has 0 bridgehead atoms. The summed E-state index contributed by atoms with van der Waals surface area (Å²) >= 11 is 0. The van der Waals surface area contributed by atoms with Crippen molar-refractivity contribution in [2.75, 3.05) is 18.4 Å². The Morgan fingerprint density at radius 1 is 1.17 bits per heavy atom. The van der Waals surface area contributed by atoms with Gasteiger partial charge in [0.25, 0.3) is 5.69 Å². The summed E-state index contributed by atoms with van der Waals surface area (Å²) in [4.78, 5) is 36.8. The van der Waals surface area contributed by atoms with E-state index in [1.54, 1.807) is 0 Å². The number of amides is 1. The van der Waals surface area contributed by atoms with E-state index >= 15 is 0 Å². The normalized spacial score (nSPS) is 15.2. The van der Waals surface area contributed by atoms with Crippen molar-refractivity contribution in [3.63, 3.8) is 0 Å². The average Bonchev–Trinajstić information content (AvgIpc) is 2.73. The van der Waals surface area contributed by atoms with Crippen LogP contribution in [0.1, 0.15) is 35.7 Å². The van der Waals surface area contributed by atoms with Crippen LogP contribution in [0, 0.1) is 16.0 Å². The molecule has 1 fully saturated rings. The van der Waals surface area contributed by atoms with Gasteiger partial charge in [0, 0.05) is 25.1 Å². The Morgan fingerprint density at radius 3 is 2.50 bits per heavy atom. The largest absolute Gasteiger partial charge is 0.321 e. The highest BCUT2D eigenvalue weighted by molar-refractivity contribution is 6.05. The lowest BCUT2D eigenvalue weighted by Gasteiger charge is -2.30. The van der Waals surface area contributed by atoms with Gasteiger partial charge in [-0.05, 0) is 55.6 Å². The third-order valence-electron chi connectivity index (χ3n) is 5.19. The van der Waals surface area contributed by atoms with Crippen molar-refractivity contribution in [3.05, 3.63) is 81.9 Å². The fraction of sp³-hybridized carbons (Fsp3) is 0.304. The monoisotopic (exact) mass is 407 g/mol. The Hall–Kier alpha value is -3.32. The van der Waals surface area contributed by atoms with Crippen molar-refractivity contribution in [3.8, 4) is 0 Å². The molecular formula is C23H25N3O4. The summed E-state index contributed by atoms with van der Waals surface area (Å²) in [6, 6.07) is 14.4. The van der Waals surface area contributed by atoms with Crippen LogP contribution >= 0.6 is 0 Å². The second-order valence-corrected chi connectivity index (χ2v) is 7.49. The van der Waals surface area contributed by atoms with Gasteiger partial charge in [-0.2, -0.15) is 0 Å². The predicted octanol–water partition coefficient (Wildman–Crippen LogP) is 4.20. The van der Waals surface area contributed by atoms with E-state index < -0.39 is 10.8 Å². The van der Waals surface area contributed by atoms with Crippen LogP contribution in [0.3, 0.4) is 0 Å². The van der Waals surface area contributed by atoms with Crippen molar-refractivity contribution in [1.29, 1.82) is 0 Å². The molecule has 0 saturated carbocycles. The number of benzene rings is 2. The van der Waals surface area contributed by atoms with Crippen LogP contribution in [0.15, 0.2) is 60.7 Å². The van der Waals surface area contributed by atoms with Crippen LogP contribution < -0.4 is 5.32 Å². The molecule has 1 saturated heterocycles. The van der Waals surface area contributed by atoms with E-state index in [0.717, 1.165) is 32.5 Å². The molecule has 2 aromatic carbocycles. The summed E-state index contributed by atoms with van der Waals surface area (Å²) in [6.07, 6.45) is 5.36. The van der Waals surface area contributed by atoms with Crippen molar-refractivity contribution in [2.24, 2.45) is 5.92 Å². The number of nitro groups is 1. The lowest BCUT2D eigenvalue weighted by Crippen LogP contribution is -2.32. The fourth-order valence-electron chi connectivity index (χ4n) is 3.60. The highest BCUT2D eigenvalue weighted by Crippen LogP contribution is 2.26. The Kier molecular flexibility index (Phi) is 7.08. The summed E-state index contributed by atoms with van der Waals surface area (Å²) in [5.74, 6) is -0.371. The minimum Gasteiger partial charge on any atom is -0.321 e. The molecule has 2 aromatic rings. The Morgan fingerprint density at radius 2 is 1.87 bits per heavy atom. The van der Waals surface area contributed by atoms with Crippen molar-refractivity contribution >= 4 is 23.1 Å². The Bertz CT molecular complexity index is 948. The maximum absolute atomic E-state index is 12.5. The number of hydrogen-bond donors (Lipinski definition) is 1. The van der Waals surface area contributed by atoms with E-state index in [1.807, 2.05) is 24.3 Å². The second kappa shape index (κ2) is 9.93. The Balaban J connectivity index is 1.57. The molecule has 0 unspecified atom stereocenters. The molecule has 0 spiro atoms. The van der Waals surface area contributed by atoms with Gasteiger partial charge in [-0.3, -0.25) is 24.6 Å². The third kappa shape index (κ3) is 5.84. The van der Waals surface area contributed by atoms with Gasteiger partial charge in [0.2, 0.25) is 5.91 Å². The zero-order valence-electron chi connectivity index (χ0n) is 16.9. The third-order valence-corrected chi connectivity index (χ3v) is 5.19. The molecule has 156 valence electrons.